The van der Waals surface area contributed by atoms with Gasteiger partial charge in [0, 0.05) is 4.47 Å². The van der Waals surface area contributed by atoms with Crippen molar-refractivity contribution in [2.75, 3.05) is 0 Å². The molecule has 0 aliphatic heterocycles. The first-order chi connectivity index (χ1) is 16.4. The number of nitriles is 1. The lowest BCUT2D eigenvalue weighted by Gasteiger charge is -2.26. The molecule has 4 heteroatoms. The monoisotopic (exact) mass is 525 g/mol. The van der Waals surface area contributed by atoms with Gasteiger partial charge in [-0.05, 0) is 44.1 Å². The van der Waals surface area contributed by atoms with Crippen LogP contribution in [0.15, 0.2) is 102 Å². The lowest BCUT2D eigenvalue weighted by atomic mass is 9.84. The van der Waals surface area contributed by atoms with Gasteiger partial charge in [-0.25, -0.2) is 0 Å². The van der Waals surface area contributed by atoms with Gasteiger partial charge < -0.3 is 4.43 Å². The van der Waals surface area contributed by atoms with E-state index in [0.717, 1.165) is 21.2 Å². The number of rotatable bonds is 6. The van der Waals surface area contributed by atoms with E-state index in [9.17, 15) is 5.26 Å². The Kier molecular flexibility index (Phi) is 7.48. The van der Waals surface area contributed by atoms with Crippen molar-refractivity contribution in [2.24, 2.45) is 0 Å². The molecular weight excluding hydrogens is 498 g/mol. The summed E-state index contributed by atoms with van der Waals surface area (Å²) in [4.78, 5) is 0. The third-order valence-electron chi connectivity index (χ3n) is 5.99. The maximum Gasteiger partial charge on any atom is 0.240 e. The predicted octanol–water partition coefficient (Wildman–Crippen LogP) is 6.34. The summed E-state index contributed by atoms with van der Waals surface area (Å²) in [6, 6.07) is 35.5. The van der Waals surface area contributed by atoms with Crippen LogP contribution in [0.25, 0.3) is 11.1 Å². The molecule has 170 valence electrons. The molecule has 34 heavy (non-hydrogen) atoms. The fourth-order valence-corrected chi connectivity index (χ4v) is 7.52. The van der Waals surface area contributed by atoms with Crippen LogP contribution in [0.1, 0.15) is 37.5 Å². The van der Waals surface area contributed by atoms with Crippen molar-refractivity contribution in [2.45, 2.75) is 32.8 Å². The summed E-state index contributed by atoms with van der Waals surface area (Å²) in [7, 11) is -1.92. The Balaban J connectivity index is 1.81. The molecule has 0 saturated carbocycles. The molecule has 4 aromatic rings. The zero-order chi connectivity index (χ0) is 24.1. The van der Waals surface area contributed by atoms with Crippen LogP contribution in [0.5, 0.6) is 0 Å². The minimum Gasteiger partial charge on any atom is -0.407 e. The number of benzene rings is 4. The Morgan fingerprint density at radius 3 is 1.88 bits per heavy atom. The molecule has 4 rings (SSSR count). The molecule has 0 fully saturated rings. The van der Waals surface area contributed by atoms with Crippen LogP contribution >= 0.6 is 15.9 Å². The Morgan fingerprint density at radius 2 is 1.32 bits per heavy atom. The van der Waals surface area contributed by atoms with Gasteiger partial charge in [-0.3, -0.25) is 0 Å². The molecule has 0 N–H and O–H groups in total. The maximum atomic E-state index is 9.75. The van der Waals surface area contributed by atoms with Gasteiger partial charge >= 0.3 is 0 Å². The van der Waals surface area contributed by atoms with Crippen molar-refractivity contribution in [3.63, 3.8) is 0 Å². The quantitative estimate of drug-likeness (QED) is 0.275. The summed E-state index contributed by atoms with van der Waals surface area (Å²) in [5, 5.41) is 12.2. The zero-order valence-corrected chi connectivity index (χ0v) is 22.5. The third-order valence-corrected chi connectivity index (χ3v) is 9.37. The predicted molar refractivity (Wildman–Crippen MR) is 147 cm³/mol. The first-order valence-corrected chi connectivity index (χ1v) is 13.8. The molecule has 0 aromatic heterocycles. The van der Waals surface area contributed by atoms with Crippen molar-refractivity contribution < 1.29 is 4.43 Å². The summed E-state index contributed by atoms with van der Waals surface area (Å²) < 4.78 is 7.87. The molecule has 0 unspecified atom stereocenters. The summed E-state index contributed by atoms with van der Waals surface area (Å²) in [5.41, 5.74) is 4.91. The number of hydrogen-bond donors (Lipinski definition) is 0. The molecular formula is C30H28BrNOSi. The molecule has 0 saturated heterocycles. The van der Waals surface area contributed by atoms with Crippen LogP contribution in [0.2, 0.25) is 0 Å². The molecule has 0 aliphatic rings. The van der Waals surface area contributed by atoms with Gasteiger partial charge in [0.1, 0.15) is 0 Å². The second kappa shape index (κ2) is 10.5. The number of nitrogens with zero attached hydrogens (tertiary/aromatic N) is 1. The smallest absolute Gasteiger partial charge is 0.240 e. The molecule has 0 spiro atoms. The SMILES string of the molecule is CC(C)(C)c1ccc(-c2ccccc2C#N)c(CO[SiH](c2ccccc2)c2ccccc2)c1Br. The van der Waals surface area contributed by atoms with E-state index in [-0.39, 0.29) is 5.41 Å². The number of hydrogen-bond acceptors (Lipinski definition) is 2. The van der Waals surface area contributed by atoms with Crippen LogP contribution in [0.4, 0.5) is 0 Å². The van der Waals surface area contributed by atoms with Crippen molar-refractivity contribution >= 4 is 35.3 Å². The summed E-state index contributed by atoms with van der Waals surface area (Å²) in [5.74, 6) is 0. The van der Waals surface area contributed by atoms with Crippen molar-refractivity contribution in [3.8, 4) is 17.2 Å². The van der Waals surface area contributed by atoms with Gasteiger partial charge in [-0.2, -0.15) is 5.26 Å². The van der Waals surface area contributed by atoms with E-state index < -0.39 is 9.04 Å². The summed E-state index contributed by atoms with van der Waals surface area (Å²) >= 11 is 3.93. The van der Waals surface area contributed by atoms with E-state index in [4.69, 9.17) is 4.43 Å². The first kappa shape index (κ1) is 24.2. The van der Waals surface area contributed by atoms with E-state index >= 15 is 0 Å². The Bertz CT molecular complexity index is 1270. The van der Waals surface area contributed by atoms with Crippen LogP contribution in [-0.4, -0.2) is 9.04 Å². The van der Waals surface area contributed by atoms with Gasteiger partial charge in [-0.1, -0.05) is 128 Å². The topological polar surface area (TPSA) is 33.0 Å². The van der Waals surface area contributed by atoms with Crippen LogP contribution in [-0.2, 0) is 16.4 Å². The molecule has 0 radical (unpaired) electrons. The molecule has 0 amide bonds. The van der Waals surface area contributed by atoms with Crippen LogP contribution < -0.4 is 10.4 Å². The van der Waals surface area contributed by atoms with Crippen molar-refractivity contribution in [1.29, 1.82) is 5.26 Å². The first-order valence-electron chi connectivity index (χ1n) is 11.4. The molecule has 2 nitrogen and oxygen atoms in total. The fraction of sp³-hybridized carbons (Fsp3) is 0.167. The Labute approximate surface area is 212 Å². The van der Waals surface area contributed by atoms with Gasteiger partial charge in [0.15, 0.2) is 0 Å². The lowest BCUT2D eigenvalue weighted by molar-refractivity contribution is 0.321. The molecule has 0 heterocycles. The molecule has 0 bridgehead atoms. The maximum absolute atomic E-state index is 9.75. The largest absolute Gasteiger partial charge is 0.407 e. The average molecular weight is 527 g/mol. The van der Waals surface area contributed by atoms with E-state index in [2.05, 4.69) is 103 Å². The van der Waals surface area contributed by atoms with Gasteiger partial charge in [0.25, 0.3) is 0 Å². The second-order valence-electron chi connectivity index (χ2n) is 9.37. The molecule has 0 aliphatic carbocycles. The normalized spacial score (nSPS) is 11.4. The van der Waals surface area contributed by atoms with Crippen molar-refractivity contribution in [3.05, 3.63) is 118 Å². The van der Waals surface area contributed by atoms with E-state index in [1.165, 1.54) is 15.9 Å². The minimum absolute atomic E-state index is 0.0312. The summed E-state index contributed by atoms with van der Waals surface area (Å²) in [6.07, 6.45) is 0. The van der Waals surface area contributed by atoms with Crippen LogP contribution in [0.3, 0.4) is 0 Å². The Hall–Kier alpha value is -2.97. The highest BCUT2D eigenvalue weighted by molar-refractivity contribution is 9.10. The number of halogens is 1. The van der Waals surface area contributed by atoms with Gasteiger partial charge in [-0.15, -0.1) is 0 Å². The minimum atomic E-state index is -1.92. The van der Waals surface area contributed by atoms with Gasteiger partial charge in [0.05, 0.1) is 18.2 Å². The Morgan fingerprint density at radius 1 is 0.765 bits per heavy atom. The lowest BCUT2D eigenvalue weighted by Crippen LogP contribution is -2.44. The highest BCUT2D eigenvalue weighted by atomic mass is 79.9. The van der Waals surface area contributed by atoms with E-state index in [1.807, 2.05) is 36.4 Å². The zero-order valence-electron chi connectivity index (χ0n) is 19.8. The molecule has 0 atom stereocenters. The average Bonchev–Trinajstić information content (AvgIpc) is 2.85. The third kappa shape index (κ3) is 5.23. The standard InChI is InChI=1S/C30H28BrNOSi/c1-30(2,3)28-19-18-26(25-17-11-10-12-22(25)20-32)27(29(28)31)21-33-34(23-13-6-4-7-14-23)24-15-8-5-9-16-24/h4-19,34H,21H2,1-3H3. The van der Waals surface area contributed by atoms with E-state index in [1.54, 1.807) is 0 Å². The second-order valence-corrected chi connectivity index (χ2v) is 12.6. The van der Waals surface area contributed by atoms with Gasteiger partial charge in [0.2, 0.25) is 9.04 Å². The fourth-order valence-electron chi connectivity index (χ4n) is 4.22. The van der Waals surface area contributed by atoms with Crippen molar-refractivity contribution in [1.82, 2.24) is 0 Å². The molecule has 4 aromatic carbocycles. The highest BCUT2D eigenvalue weighted by Crippen LogP contribution is 2.39. The van der Waals surface area contributed by atoms with E-state index in [0.29, 0.717) is 12.2 Å². The highest BCUT2D eigenvalue weighted by Gasteiger charge is 2.24. The van der Waals surface area contributed by atoms with Crippen LogP contribution in [0, 0.1) is 11.3 Å². The summed E-state index contributed by atoms with van der Waals surface area (Å²) in [6.45, 7) is 7.10.